The molecule has 0 aliphatic carbocycles. The van der Waals surface area contributed by atoms with Crippen molar-refractivity contribution in [2.24, 2.45) is 5.92 Å². The van der Waals surface area contributed by atoms with E-state index >= 15 is 0 Å². The minimum absolute atomic E-state index is 0.223. The van der Waals surface area contributed by atoms with Crippen molar-refractivity contribution in [2.75, 3.05) is 13.1 Å². The molecule has 1 saturated heterocycles. The maximum Gasteiger partial charge on any atom is 0.257 e. The molecule has 0 N–H and O–H groups in total. The average molecular weight is 254 g/mol. The number of halogens is 2. The third kappa shape index (κ3) is 2.49. The second-order valence-electron chi connectivity index (χ2n) is 4.66. The molecule has 0 aromatic carbocycles. The number of hydrogen-bond donors (Lipinski definition) is 0. The zero-order chi connectivity index (χ0) is 13.1. The first-order valence-electron chi connectivity index (χ1n) is 6.22. The fourth-order valence-electron chi connectivity index (χ4n) is 2.41. The molecule has 18 heavy (non-hydrogen) atoms. The van der Waals surface area contributed by atoms with Crippen molar-refractivity contribution in [3.05, 3.63) is 29.6 Å². The number of likely N-dealkylation sites (tertiary alicyclic amines) is 1. The van der Waals surface area contributed by atoms with E-state index < -0.39 is 17.7 Å². The molecule has 3 nitrogen and oxygen atoms in total. The van der Waals surface area contributed by atoms with Crippen LogP contribution in [-0.2, 0) is 0 Å². The number of rotatable bonds is 3. The van der Waals surface area contributed by atoms with Crippen molar-refractivity contribution < 1.29 is 13.6 Å². The van der Waals surface area contributed by atoms with E-state index in [9.17, 15) is 13.6 Å². The van der Waals surface area contributed by atoms with Crippen LogP contribution >= 0.6 is 0 Å². The molecule has 1 fully saturated rings. The first-order valence-corrected chi connectivity index (χ1v) is 6.22. The number of hydrogen-bond acceptors (Lipinski definition) is 2. The first-order chi connectivity index (χ1) is 8.63. The average Bonchev–Trinajstić information content (AvgIpc) is 2.81. The lowest BCUT2D eigenvalue weighted by Crippen LogP contribution is -2.29. The highest BCUT2D eigenvalue weighted by atomic mass is 19.2. The molecular formula is C13H16F2N2O. The van der Waals surface area contributed by atoms with E-state index in [0.29, 0.717) is 19.0 Å². The van der Waals surface area contributed by atoms with E-state index in [0.717, 1.165) is 25.5 Å². The van der Waals surface area contributed by atoms with E-state index in [1.807, 2.05) is 0 Å². The van der Waals surface area contributed by atoms with Crippen molar-refractivity contribution in [2.45, 2.75) is 26.2 Å². The summed E-state index contributed by atoms with van der Waals surface area (Å²) in [6.45, 7) is 3.35. The van der Waals surface area contributed by atoms with E-state index in [2.05, 4.69) is 11.9 Å². The SMILES string of the molecule is CCCC1CCN(C(=O)c2ccnc(F)c2F)C1. The molecule has 5 heteroatoms. The van der Waals surface area contributed by atoms with Crippen LogP contribution in [0.15, 0.2) is 12.3 Å². The zero-order valence-electron chi connectivity index (χ0n) is 10.3. The molecule has 0 saturated carbocycles. The molecule has 0 radical (unpaired) electrons. The topological polar surface area (TPSA) is 33.2 Å². The number of aromatic nitrogens is 1. The Bertz CT molecular complexity index is 451. The summed E-state index contributed by atoms with van der Waals surface area (Å²) in [7, 11) is 0. The lowest BCUT2D eigenvalue weighted by Gasteiger charge is -2.16. The van der Waals surface area contributed by atoms with Gasteiger partial charge in [0.05, 0.1) is 5.56 Å². The molecule has 0 bridgehead atoms. The zero-order valence-corrected chi connectivity index (χ0v) is 10.3. The maximum absolute atomic E-state index is 13.5. The standard InChI is InChI=1S/C13H16F2N2O/c1-2-3-9-5-7-17(8-9)13(18)10-4-6-16-12(15)11(10)14/h4,6,9H,2-3,5,7-8H2,1H3. The van der Waals surface area contributed by atoms with Crippen LogP contribution in [0, 0.1) is 17.7 Å². The van der Waals surface area contributed by atoms with E-state index in [1.54, 1.807) is 4.90 Å². The van der Waals surface area contributed by atoms with Gasteiger partial charge in [0, 0.05) is 19.3 Å². The minimum atomic E-state index is -1.22. The summed E-state index contributed by atoms with van der Waals surface area (Å²) in [6.07, 6.45) is 4.20. The molecule has 1 aliphatic rings. The molecule has 98 valence electrons. The van der Waals surface area contributed by atoms with Crippen LogP contribution in [0.5, 0.6) is 0 Å². The van der Waals surface area contributed by atoms with Crippen LogP contribution in [0.2, 0.25) is 0 Å². The first kappa shape index (κ1) is 12.9. The summed E-state index contributed by atoms with van der Waals surface area (Å²) in [6, 6.07) is 1.23. The van der Waals surface area contributed by atoms with Crippen LogP contribution in [0.25, 0.3) is 0 Å². The van der Waals surface area contributed by atoms with Gasteiger partial charge in [-0.15, -0.1) is 0 Å². The van der Waals surface area contributed by atoms with Crippen LogP contribution < -0.4 is 0 Å². The second kappa shape index (κ2) is 5.42. The largest absolute Gasteiger partial charge is 0.338 e. The quantitative estimate of drug-likeness (QED) is 0.777. The molecule has 1 aromatic heterocycles. The van der Waals surface area contributed by atoms with Gasteiger partial charge in [-0.3, -0.25) is 4.79 Å². The second-order valence-corrected chi connectivity index (χ2v) is 4.66. The maximum atomic E-state index is 13.5. The molecule has 1 unspecified atom stereocenters. The Hall–Kier alpha value is -1.52. The summed E-state index contributed by atoms with van der Waals surface area (Å²) >= 11 is 0. The van der Waals surface area contributed by atoms with E-state index in [1.165, 1.54) is 6.07 Å². The van der Waals surface area contributed by atoms with Gasteiger partial charge in [0.25, 0.3) is 5.91 Å². The van der Waals surface area contributed by atoms with Gasteiger partial charge >= 0.3 is 0 Å². The molecule has 1 aromatic rings. The van der Waals surface area contributed by atoms with Crippen LogP contribution in [0.3, 0.4) is 0 Å². The Balaban J connectivity index is 2.11. The monoisotopic (exact) mass is 254 g/mol. The lowest BCUT2D eigenvalue weighted by molar-refractivity contribution is 0.0780. The molecular weight excluding hydrogens is 238 g/mol. The molecule has 1 atom stereocenters. The van der Waals surface area contributed by atoms with Gasteiger partial charge < -0.3 is 4.90 Å². The fourth-order valence-corrected chi connectivity index (χ4v) is 2.41. The Kier molecular flexibility index (Phi) is 3.89. The van der Waals surface area contributed by atoms with Crippen molar-refractivity contribution in [3.63, 3.8) is 0 Å². The summed E-state index contributed by atoms with van der Waals surface area (Å²) < 4.78 is 26.4. The highest BCUT2D eigenvalue weighted by Gasteiger charge is 2.28. The third-order valence-electron chi connectivity index (χ3n) is 3.35. The van der Waals surface area contributed by atoms with Gasteiger partial charge in [-0.05, 0) is 24.8 Å². The smallest absolute Gasteiger partial charge is 0.257 e. The highest BCUT2D eigenvalue weighted by Crippen LogP contribution is 2.23. The van der Waals surface area contributed by atoms with Crippen molar-refractivity contribution in [1.82, 2.24) is 9.88 Å². The predicted molar refractivity (Wildman–Crippen MR) is 63.1 cm³/mol. The van der Waals surface area contributed by atoms with E-state index in [-0.39, 0.29) is 5.56 Å². The van der Waals surface area contributed by atoms with Crippen LogP contribution in [-0.4, -0.2) is 28.9 Å². The number of carbonyl (C=O) groups is 1. The van der Waals surface area contributed by atoms with Gasteiger partial charge in [0.2, 0.25) is 5.95 Å². The van der Waals surface area contributed by atoms with Gasteiger partial charge in [-0.1, -0.05) is 13.3 Å². The Morgan fingerprint density at radius 2 is 2.33 bits per heavy atom. The summed E-state index contributed by atoms with van der Waals surface area (Å²) in [5.74, 6) is -2.33. The van der Waals surface area contributed by atoms with Crippen molar-refractivity contribution in [1.29, 1.82) is 0 Å². The number of amides is 1. The number of pyridine rings is 1. The lowest BCUT2D eigenvalue weighted by atomic mass is 10.0. The normalized spacial score (nSPS) is 19.3. The van der Waals surface area contributed by atoms with E-state index in [4.69, 9.17) is 0 Å². The van der Waals surface area contributed by atoms with Gasteiger partial charge in [-0.2, -0.15) is 4.39 Å². The van der Waals surface area contributed by atoms with Crippen LogP contribution in [0.4, 0.5) is 8.78 Å². The van der Waals surface area contributed by atoms with Gasteiger partial charge in [0.15, 0.2) is 5.82 Å². The predicted octanol–water partition coefficient (Wildman–Crippen LogP) is 2.62. The minimum Gasteiger partial charge on any atom is -0.338 e. The van der Waals surface area contributed by atoms with Crippen molar-refractivity contribution in [3.8, 4) is 0 Å². The summed E-state index contributed by atoms with van der Waals surface area (Å²) in [5, 5.41) is 0. The Morgan fingerprint density at radius 1 is 1.56 bits per heavy atom. The fraction of sp³-hybridized carbons (Fsp3) is 0.538. The molecule has 0 spiro atoms. The van der Waals surface area contributed by atoms with Crippen LogP contribution in [0.1, 0.15) is 36.5 Å². The number of carbonyl (C=O) groups excluding carboxylic acids is 1. The van der Waals surface area contributed by atoms with Crippen molar-refractivity contribution >= 4 is 5.91 Å². The molecule has 1 amide bonds. The van der Waals surface area contributed by atoms with Gasteiger partial charge in [0.1, 0.15) is 0 Å². The Morgan fingerprint density at radius 3 is 3.06 bits per heavy atom. The Labute approximate surface area is 105 Å². The summed E-state index contributed by atoms with van der Waals surface area (Å²) in [4.78, 5) is 16.8. The summed E-state index contributed by atoms with van der Waals surface area (Å²) in [5.41, 5.74) is -0.223. The third-order valence-corrected chi connectivity index (χ3v) is 3.35. The molecule has 2 heterocycles. The molecule has 1 aliphatic heterocycles. The highest BCUT2D eigenvalue weighted by molar-refractivity contribution is 5.94. The molecule has 2 rings (SSSR count). The number of nitrogens with zero attached hydrogens (tertiary/aromatic N) is 2. The van der Waals surface area contributed by atoms with Gasteiger partial charge in [-0.25, -0.2) is 9.37 Å².